The third-order valence-electron chi connectivity index (χ3n) is 5.19. The van der Waals surface area contributed by atoms with Crippen molar-refractivity contribution in [2.24, 2.45) is 0 Å². The molecule has 0 aliphatic carbocycles. The SMILES string of the molecule is CNc1ccc(F)cc1-c1ccnc2c1c(C=COC)cn2S(=O)(=O)c1ccc(C)cc1. The molecule has 1 N–H and O–H groups in total. The summed E-state index contributed by atoms with van der Waals surface area (Å²) in [5.74, 6) is -0.398. The summed E-state index contributed by atoms with van der Waals surface area (Å²) in [6, 6.07) is 12.8. The minimum atomic E-state index is -3.92. The van der Waals surface area contributed by atoms with E-state index in [1.807, 2.05) is 6.92 Å². The van der Waals surface area contributed by atoms with Crippen molar-refractivity contribution in [3.63, 3.8) is 0 Å². The van der Waals surface area contributed by atoms with Crippen LogP contribution in [0.1, 0.15) is 11.1 Å². The van der Waals surface area contributed by atoms with Gasteiger partial charge in [-0.15, -0.1) is 0 Å². The topological polar surface area (TPSA) is 73.2 Å². The van der Waals surface area contributed by atoms with Gasteiger partial charge in [0.25, 0.3) is 10.0 Å². The van der Waals surface area contributed by atoms with Gasteiger partial charge in [0.15, 0.2) is 5.65 Å². The third-order valence-corrected chi connectivity index (χ3v) is 6.85. The van der Waals surface area contributed by atoms with E-state index in [2.05, 4.69) is 10.3 Å². The van der Waals surface area contributed by atoms with Crippen molar-refractivity contribution in [1.82, 2.24) is 8.96 Å². The number of hydrogen-bond donors (Lipinski definition) is 1. The highest BCUT2D eigenvalue weighted by Crippen LogP contribution is 2.37. The lowest BCUT2D eigenvalue weighted by Crippen LogP contribution is -2.12. The van der Waals surface area contributed by atoms with Gasteiger partial charge in [-0.3, -0.25) is 0 Å². The fourth-order valence-corrected chi connectivity index (χ4v) is 4.94. The molecule has 32 heavy (non-hydrogen) atoms. The van der Waals surface area contributed by atoms with E-state index in [9.17, 15) is 12.8 Å². The zero-order valence-electron chi connectivity index (χ0n) is 17.8. The molecule has 6 nitrogen and oxygen atoms in total. The number of fused-ring (bicyclic) bond motifs is 1. The number of benzene rings is 2. The summed E-state index contributed by atoms with van der Waals surface area (Å²) in [5, 5.41) is 3.63. The molecule has 0 aliphatic heterocycles. The molecule has 2 aromatic heterocycles. The van der Waals surface area contributed by atoms with Crippen LogP contribution >= 0.6 is 0 Å². The first-order valence-corrected chi connectivity index (χ1v) is 11.3. The smallest absolute Gasteiger partial charge is 0.269 e. The van der Waals surface area contributed by atoms with E-state index in [4.69, 9.17) is 4.74 Å². The number of ether oxygens (including phenoxy) is 1. The number of nitrogens with one attached hydrogen (secondary N) is 1. The maximum Gasteiger partial charge on any atom is 0.269 e. The number of methoxy groups -OCH3 is 1. The van der Waals surface area contributed by atoms with E-state index in [1.165, 1.54) is 37.9 Å². The van der Waals surface area contributed by atoms with Crippen molar-refractivity contribution in [3.05, 3.63) is 84.1 Å². The molecule has 4 aromatic rings. The molecule has 0 bridgehead atoms. The number of hydrogen-bond acceptors (Lipinski definition) is 5. The van der Waals surface area contributed by atoms with Crippen LogP contribution in [0.2, 0.25) is 0 Å². The predicted octanol–water partition coefficient (Wildman–Crippen LogP) is 5.05. The first kappa shape index (κ1) is 21.6. The molecule has 8 heteroatoms. The van der Waals surface area contributed by atoms with E-state index < -0.39 is 15.8 Å². The lowest BCUT2D eigenvalue weighted by Gasteiger charge is -2.12. The molecule has 2 heterocycles. The maximum absolute atomic E-state index is 14.1. The quantitative estimate of drug-likeness (QED) is 0.416. The summed E-state index contributed by atoms with van der Waals surface area (Å²) in [7, 11) is -0.672. The lowest BCUT2D eigenvalue weighted by atomic mass is 9.99. The molecule has 0 fully saturated rings. The molecule has 0 atom stereocenters. The van der Waals surface area contributed by atoms with Gasteiger partial charge in [-0.1, -0.05) is 17.7 Å². The van der Waals surface area contributed by atoms with Gasteiger partial charge in [0.05, 0.1) is 18.3 Å². The predicted molar refractivity (Wildman–Crippen MR) is 124 cm³/mol. The molecule has 0 aliphatic rings. The maximum atomic E-state index is 14.1. The van der Waals surface area contributed by atoms with Crippen molar-refractivity contribution >= 4 is 32.8 Å². The standard InChI is InChI=1S/C24H22FN3O3S/c1-16-4-7-19(8-5-16)32(29,30)28-15-17(11-13-31-3)23-20(10-12-27-24(23)28)21-14-18(25)6-9-22(21)26-2/h4-15,26H,1-3H3. The highest BCUT2D eigenvalue weighted by Gasteiger charge is 2.24. The zero-order valence-corrected chi connectivity index (χ0v) is 18.7. The van der Waals surface area contributed by atoms with Gasteiger partial charge >= 0.3 is 0 Å². The van der Waals surface area contributed by atoms with Crippen LogP contribution in [0.5, 0.6) is 0 Å². The molecule has 0 radical (unpaired) electrons. The van der Waals surface area contributed by atoms with Crippen molar-refractivity contribution in [2.75, 3.05) is 19.5 Å². The molecule has 0 saturated carbocycles. The van der Waals surface area contributed by atoms with Crippen LogP contribution < -0.4 is 5.32 Å². The molecule has 4 rings (SSSR count). The number of anilines is 1. The van der Waals surface area contributed by atoms with Gasteiger partial charge < -0.3 is 10.1 Å². The number of halogens is 1. The van der Waals surface area contributed by atoms with Crippen LogP contribution in [-0.2, 0) is 14.8 Å². The normalized spacial score (nSPS) is 11.9. The number of nitrogens with zero attached hydrogens (tertiary/aromatic N) is 2. The second kappa shape index (κ2) is 8.47. The molecular weight excluding hydrogens is 429 g/mol. The molecule has 164 valence electrons. The average Bonchev–Trinajstić information content (AvgIpc) is 3.17. The monoisotopic (exact) mass is 451 g/mol. The van der Waals surface area contributed by atoms with Gasteiger partial charge in [-0.25, -0.2) is 21.8 Å². The Bertz CT molecular complexity index is 1430. The van der Waals surface area contributed by atoms with Crippen LogP contribution in [0, 0.1) is 12.7 Å². The minimum absolute atomic E-state index is 0.149. The summed E-state index contributed by atoms with van der Waals surface area (Å²) < 4.78 is 47.3. The summed E-state index contributed by atoms with van der Waals surface area (Å²) in [6.45, 7) is 1.89. The minimum Gasteiger partial charge on any atom is -0.504 e. The Kier molecular flexibility index (Phi) is 5.71. The Labute approximate surface area is 186 Å². The first-order valence-electron chi connectivity index (χ1n) is 9.86. The third kappa shape index (κ3) is 3.73. The van der Waals surface area contributed by atoms with Crippen LogP contribution in [0.15, 0.2) is 72.1 Å². The van der Waals surface area contributed by atoms with Crippen LogP contribution in [0.25, 0.3) is 28.2 Å². The molecule has 0 unspecified atom stereocenters. The van der Waals surface area contributed by atoms with Crippen molar-refractivity contribution in [3.8, 4) is 11.1 Å². The summed E-state index contributed by atoms with van der Waals surface area (Å²) >= 11 is 0. The zero-order chi connectivity index (χ0) is 22.9. The van der Waals surface area contributed by atoms with Gasteiger partial charge in [-0.05, 0) is 55.0 Å². The van der Waals surface area contributed by atoms with E-state index in [-0.39, 0.29) is 10.5 Å². The van der Waals surface area contributed by atoms with Crippen molar-refractivity contribution in [1.29, 1.82) is 0 Å². The van der Waals surface area contributed by atoms with Crippen molar-refractivity contribution in [2.45, 2.75) is 11.8 Å². The molecule has 0 saturated heterocycles. The van der Waals surface area contributed by atoms with Crippen LogP contribution in [-0.4, -0.2) is 31.5 Å². The van der Waals surface area contributed by atoms with Gasteiger partial charge in [-0.2, -0.15) is 0 Å². The van der Waals surface area contributed by atoms with E-state index in [1.54, 1.807) is 49.5 Å². The number of aromatic nitrogens is 2. The molecule has 2 aromatic carbocycles. The Morgan fingerprint density at radius 1 is 1.09 bits per heavy atom. The highest BCUT2D eigenvalue weighted by molar-refractivity contribution is 7.90. The van der Waals surface area contributed by atoms with Crippen molar-refractivity contribution < 1.29 is 17.5 Å². The first-order chi connectivity index (χ1) is 15.4. The number of rotatable bonds is 6. The van der Waals surface area contributed by atoms with Gasteiger partial charge in [0.2, 0.25) is 0 Å². The van der Waals surface area contributed by atoms with E-state index >= 15 is 0 Å². The average molecular weight is 452 g/mol. The summed E-state index contributed by atoms with van der Waals surface area (Å²) in [6.07, 6.45) is 6.14. The lowest BCUT2D eigenvalue weighted by molar-refractivity contribution is 0.341. The van der Waals surface area contributed by atoms with Gasteiger partial charge in [0.1, 0.15) is 5.82 Å². The molecular formula is C24H22FN3O3S. The highest BCUT2D eigenvalue weighted by atomic mass is 32.2. The largest absolute Gasteiger partial charge is 0.504 e. The Morgan fingerprint density at radius 2 is 1.84 bits per heavy atom. The number of pyridine rings is 1. The Hall–Kier alpha value is -3.65. The van der Waals surface area contributed by atoms with E-state index in [0.29, 0.717) is 27.8 Å². The second-order valence-corrected chi connectivity index (χ2v) is 9.05. The Morgan fingerprint density at radius 3 is 2.53 bits per heavy atom. The molecule has 0 amide bonds. The fraction of sp³-hybridized carbons (Fsp3) is 0.125. The molecule has 0 spiro atoms. The summed E-state index contributed by atoms with van der Waals surface area (Å²) in [4.78, 5) is 4.53. The van der Waals surface area contributed by atoms with Gasteiger partial charge in [0, 0.05) is 41.6 Å². The summed E-state index contributed by atoms with van der Waals surface area (Å²) in [5.41, 5.74) is 3.72. The van der Waals surface area contributed by atoms with Crippen LogP contribution in [0.4, 0.5) is 10.1 Å². The fourth-order valence-electron chi connectivity index (χ4n) is 3.61. The Balaban J connectivity index is 2.05. The van der Waals surface area contributed by atoms with Crippen LogP contribution in [0.3, 0.4) is 0 Å². The number of aryl methyl sites for hydroxylation is 1. The second-order valence-electron chi connectivity index (χ2n) is 7.23. The van der Waals surface area contributed by atoms with E-state index in [0.717, 1.165) is 9.54 Å².